The summed E-state index contributed by atoms with van der Waals surface area (Å²) < 4.78 is 0. The average Bonchev–Trinajstić information content (AvgIpc) is 2.93. The number of nitrogens with zero attached hydrogens (tertiary/aromatic N) is 1. The smallest absolute Gasteiger partial charge is 0.250 e. The Bertz CT molecular complexity index is 746. The van der Waals surface area contributed by atoms with Gasteiger partial charge in [0.25, 0.3) is 5.91 Å². The summed E-state index contributed by atoms with van der Waals surface area (Å²) in [5.74, 6) is 0.148. The van der Waals surface area contributed by atoms with Crippen LogP contribution in [-0.2, 0) is 4.79 Å². The van der Waals surface area contributed by atoms with Crippen molar-refractivity contribution in [3.63, 3.8) is 0 Å². The van der Waals surface area contributed by atoms with Gasteiger partial charge in [-0.1, -0.05) is 18.2 Å². The number of nitrogens with one attached hydrogen (secondary N) is 1. The number of amides is 1. The average molecular weight is 282 g/mol. The van der Waals surface area contributed by atoms with Gasteiger partial charge in [-0.05, 0) is 46.3 Å². The van der Waals surface area contributed by atoms with E-state index in [9.17, 15) is 4.79 Å². The molecule has 1 aromatic heterocycles. The van der Waals surface area contributed by atoms with Gasteiger partial charge in [0.1, 0.15) is 0 Å². The first-order valence-corrected chi connectivity index (χ1v) is 7.39. The fourth-order valence-electron chi connectivity index (χ4n) is 3.25. The van der Waals surface area contributed by atoms with Crippen LogP contribution < -0.4 is 0 Å². The van der Waals surface area contributed by atoms with Crippen molar-refractivity contribution >= 4 is 16.8 Å². The molecule has 1 aliphatic heterocycles. The van der Waals surface area contributed by atoms with Crippen LogP contribution in [0.4, 0.5) is 0 Å². The van der Waals surface area contributed by atoms with Gasteiger partial charge in [-0.25, -0.2) is 0 Å². The molecule has 21 heavy (non-hydrogen) atoms. The molecule has 1 unspecified atom stereocenters. The van der Waals surface area contributed by atoms with E-state index in [1.165, 1.54) is 10.9 Å². The van der Waals surface area contributed by atoms with E-state index in [4.69, 9.17) is 0 Å². The maximum absolute atomic E-state index is 12.7. The first-order chi connectivity index (χ1) is 9.82. The van der Waals surface area contributed by atoms with Crippen LogP contribution in [0, 0.1) is 0 Å². The Balaban J connectivity index is 2.21. The second kappa shape index (κ2) is 4.48. The number of hydrogen-bond acceptors (Lipinski definition) is 1. The van der Waals surface area contributed by atoms with E-state index in [1.807, 2.05) is 30.2 Å². The van der Waals surface area contributed by atoms with E-state index in [2.05, 4.69) is 44.8 Å². The maximum Gasteiger partial charge on any atom is 0.250 e. The highest BCUT2D eigenvalue weighted by Gasteiger charge is 2.42. The van der Waals surface area contributed by atoms with Crippen molar-refractivity contribution in [2.45, 2.75) is 46.2 Å². The summed E-state index contributed by atoms with van der Waals surface area (Å²) in [7, 11) is 0. The van der Waals surface area contributed by atoms with Crippen molar-refractivity contribution in [1.82, 2.24) is 9.88 Å². The van der Waals surface area contributed by atoms with Crippen LogP contribution in [0.3, 0.4) is 0 Å². The zero-order chi connectivity index (χ0) is 15.4. The largest absolute Gasteiger partial charge is 0.361 e. The summed E-state index contributed by atoms with van der Waals surface area (Å²) in [6.45, 7) is 10.3. The van der Waals surface area contributed by atoms with Crippen LogP contribution in [0.15, 0.2) is 41.6 Å². The summed E-state index contributed by atoms with van der Waals surface area (Å²) in [5.41, 5.74) is 4.12. The van der Waals surface area contributed by atoms with Crippen molar-refractivity contribution in [2.24, 2.45) is 0 Å². The molecule has 3 rings (SSSR count). The summed E-state index contributed by atoms with van der Waals surface area (Å²) in [6, 6.07) is 8.28. The van der Waals surface area contributed by atoms with Gasteiger partial charge in [-0.15, -0.1) is 0 Å². The molecule has 0 fully saturated rings. The van der Waals surface area contributed by atoms with Gasteiger partial charge in [-0.3, -0.25) is 4.79 Å². The van der Waals surface area contributed by atoms with Crippen LogP contribution in [0.2, 0.25) is 0 Å². The molecule has 1 atom stereocenters. The molecule has 1 aromatic carbocycles. The number of carbonyl (C=O) groups excluding carboxylic acids is 1. The van der Waals surface area contributed by atoms with Crippen LogP contribution in [0.1, 0.15) is 46.2 Å². The van der Waals surface area contributed by atoms with E-state index in [0.717, 1.165) is 16.7 Å². The highest BCUT2D eigenvalue weighted by atomic mass is 16.2. The molecule has 0 aliphatic carbocycles. The van der Waals surface area contributed by atoms with Crippen LogP contribution in [0.25, 0.3) is 10.9 Å². The maximum atomic E-state index is 12.7. The molecular formula is C18H22N2O. The summed E-state index contributed by atoms with van der Waals surface area (Å²) in [4.78, 5) is 18.0. The second-order valence-electron chi connectivity index (χ2n) is 6.85. The third kappa shape index (κ3) is 1.99. The van der Waals surface area contributed by atoms with Crippen molar-refractivity contribution in [3.8, 4) is 0 Å². The Labute approximate surface area is 125 Å². The molecular weight excluding hydrogens is 260 g/mol. The molecule has 3 nitrogen and oxygen atoms in total. The first kappa shape index (κ1) is 13.9. The molecule has 3 heteroatoms. The predicted octanol–water partition coefficient (Wildman–Crippen LogP) is 4.19. The number of fused-ring (bicyclic) bond motifs is 1. The molecule has 110 valence electrons. The van der Waals surface area contributed by atoms with Crippen molar-refractivity contribution < 1.29 is 4.79 Å². The Morgan fingerprint density at radius 2 is 1.81 bits per heavy atom. The van der Waals surface area contributed by atoms with Crippen LogP contribution in [0.5, 0.6) is 0 Å². The van der Waals surface area contributed by atoms with Gasteiger partial charge in [0.15, 0.2) is 0 Å². The number of rotatable bonds is 1. The first-order valence-electron chi connectivity index (χ1n) is 7.39. The van der Waals surface area contributed by atoms with Gasteiger partial charge in [-0.2, -0.15) is 0 Å². The zero-order valence-corrected chi connectivity index (χ0v) is 13.3. The predicted molar refractivity (Wildman–Crippen MR) is 86.0 cm³/mol. The molecule has 0 saturated heterocycles. The van der Waals surface area contributed by atoms with Crippen LogP contribution in [-0.4, -0.2) is 21.3 Å². The topological polar surface area (TPSA) is 36.1 Å². The van der Waals surface area contributed by atoms with Gasteiger partial charge in [0.05, 0.1) is 6.04 Å². The van der Waals surface area contributed by atoms with Gasteiger partial charge in [0, 0.05) is 33.8 Å². The van der Waals surface area contributed by atoms with E-state index in [-0.39, 0.29) is 17.5 Å². The van der Waals surface area contributed by atoms with E-state index < -0.39 is 0 Å². The van der Waals surface area contributed by atoms with Crippen LogP contribution >= 0.6 is 0 Å². The number of carbonyl (C=O) groups is 1. The lowest BCUT2D eigenvalue weighted by atomic mass is 9.95. The highest BCUT2D eigenvalue weighted by molar-refractivity contribution is 5.98. The third-order valence-corrected chi connectivity index (χ3v) is 4.44. The molecule has 2 aromatic rings. The Hall–Kier alpha value is -2.03. The standard InChI is InChI=1S/C18H22N2O/c1-11-12(2)17(21)20(18(3,4)5)16(11)14-10-19-15-9-7-6-8-13(14)15/h6-10,16,19H,1-5H3. The normalized spacial score (nSPS) is 20.0. The molecule has 0 radical (unpaired) electrons. The minimum atomic E-state index is -0.209. The lowest BCUT2D eigenvalue weighted by molar-refractivity contribution is -0.131. The molecule has 0 bridgehead atoms. The van der Waals surface area contributed by atoms with Gasteiger partial charge < -0.3 is 9.88 Å². The van der Waals surface area contributed by atoms with Gasteiger partial charge >= 0.3 is 0 Å². The minimum absolute atomic E-state index is 0.0219. The lowest BCUT2D eigenvalue weighted by Gasteiger charge is -2.38. The van der Waals surface area contributed by atoms with E-state index in [0.29, 0.717) is 0 Å². The molecule has 1 amide bonds. The number of aromatic nitrogens is 1. The van der Waals surface area contributed by atoms with Crippen molar-refractivity contribution in [2.75, 3.05) is 0 Å². The number of para-hydroxylation sites is 1. The quantitative estimate of drug-likeness (QED) is 0.836. The van der Waals surface area contributed by atoms with Gasteiger partial charge in [0.2, 0.25) is 0 Å². The second-order valence-corrected chi connectivity index (χ2v) is 6.85. The molecule has 0 spiro atoms. The monoisotopic (exact) mass is 282 g/mol. The number of aromatic amines is 1. The summed E-state index contributed by atoms with van der Waals surface area (Å²) in [6.07, 6.45) is 2.05. The zero-order valence-electron chi connectivity index (χ0n) is 13.3. The minimum Gasteiger partial charge on any atom is -0.361 e. The molecule has 2 heterocycles. The Morgan fingerprint density at radius 3 is 2.48 bits per heavy atom. The van der Waals surface area contributed by atoms with E-state index in [1.54, 1.807) is 0 Å². The van der Waals surface area contributed by atoms with Crippen molar-refractivity contribution in [1.29, 1.82) is 0 Å². The third-order valence-electron chi connectivity index (χ3n) is 4.44. The number of H-pyrrole nitrogens is 1. The molecule has 1 aliphatic rings. The fraction of sp³-hybridized carbons (Fsp3) is 0.389. The summed E-state index contributed by atoms with van der Waals surface area (Å²) >= 11 is 0. The highest BCUT2D eigenvalue weighted by Crippen LogP contribution is 2.43. The number of hydrogen-bond donors (Lipinski definition) is 1. The number of benzene rings is 1. The Kier molecular flexibility index (Phi) is 2.97. The SMILES string of the molecule is CC1=C(C)C(c2c[nH]c3ccccc23)N(C(C)(C)C)C1=O. The molecule has 1 N–H and O–H groups in total. The van der Waals surface area contributed by atoms with Crippen molar-refractivity contribution in [3.05, 3.63) is 47.2 Å². The summed E-state index contributed by atoms with van der Waals surface area (Å²) in [5, 5.41) is 1.19. The Morgan fingerprint density at radius 1 is 1.14 bits per heavy atom. The van der Waals surface area contributed by atoms with E-state index >= 15 is 0 Å². The molecule has 0 saturated carbocycles. The fourth-order valence-corrected chi connectivity index (χ4v) is 3.25. The lowest BCUT2D eigenvalue weighted by Crippen LogP contribution is -2.44.